The molecule has 31 heavy (non-hydrogen) atoms. The fraction of sp³-hybridized carbons (Fsp3) is 0.304. The number of aromatic nitrogens is 2. The minimum absolute atomic E-state index is 0.0893. The number of nitrogens with zero attached hydrogens (tertiary/aromatic N) is 3. The molecule has 0 bridgehead atoms. The Labute approximate surface area is 190 Å². The van der Waals surface area contributed by atoms with Crippen LogP contribution in [0.5, 0.6) is 0 Å². The number of carbonyl (C=O) groups is 1. The Morgan fingerprint density at radius 1 is 0.935 bits per heavy atom. The molecule has 0 saturated carbocycles. The molecule has 0 radical (unpaired) electrons. The van der Waals surface area contributed by atoms with Gasteiger partial charge in [0.25, 0.3) is 5.91 Å². The monoisotopic (exact) mass is 457 g/mol. The van der Waals surface area contributed by atoms with E-state index in [1.54, 1.807) is 22.9 Å². The summed E-state index contributed by atoms with van der Waals surface area (Å²) in [6, 6.07) is 16.8. The molecule has 5 rings (SSSR count). The second-order valence-electron chi connectivity index (χ2n) is 7.69. The predicted octanol–water partition coefficient (Wildman–Crippen LogP) is 4.83. The summed E-state index contributed by atoms with van der Waals surface area (Å²) in [6.45, 7) is 2.34. The number of ether oxygens (including phenoxy) is 2. The molecule has 0 N–H and O–H groups in total. The van der Waals surface area contributed by atoms with Gasteiger partial charge >= 0.3 is 0 Å². The van der Waals surface area contributed by atoms with E-state index in [4.69, 9.17) is 37.8 Å². The van der Waals surface area contributed by atoms with Crippen LogP contribution in [-0.2, 0) is 9.47 Å². The van der Waals surface area contributed by atoms with Crippen molar-refractivity contribution in [2.24, 2.45) is 0 Å². The molecule has 8 heteroatoms. The molecule has 6 nitrogen and oxygen atoms in total. The Bertz CT molecular complexity index is 1100. The van der Waals surface area contributed by atoms with Crippen molar-refractivity contribution in [3.8, 4) is 16.9 Å². The number of piperidine rings is 1. The van der Waals surface area contributed by atoms with Gasteiger partial charge in [-0.1, -0.05) is 53.5 Å². The van der Waals surface area contributed by atoms with E-state index in [-0.39, 0.29) is 5.91 Å². The summed E-state index contributed by atoms with van der Waals surface area (Å²) >= 11 is 12.3. The van der Waals surface area contributed by atoms with Gasteiger partial charge in [-0.15, -0.1) is 0 Å². The molecule has 2 saturated heterocycles. The van der Waals surface area contributed by atoms with Crippen LogP contribution in [0, 0.1) is 0 Å². The van der Waals surface area contributed by atoms with E-state index < -0.39 is 5.79 Å². The maximum Gasteiger partial charge on any atom is 0.272 e. The molecule has 160 valence electrons. The Hall–Kier alpha value is -2.38. The second kappa shape index (κ2) is 8.28. The first kappa shape index (κ1) is 20.5. The molecule has 2 aromatic carbocycles. The van der Waals surface area contributed by atoms with Crippen LogP contribution in [0.1, 0.15) is 23.3 Å². The van der Waals surface area contributed by atoms with Gasteiger partial charge in [0.2, 0.25) is 0 Å². The highest BCUT2D eigenvalue weighted by atomic mass is 35.5. The van der Waals surface area contributed by atoms with Crippen molar-refractivity contribution < 1.29 is 14.3 Å². The number of likely N-dealkylation sites (tertiary alicyclic amines) is 1. The Morgan fingerprint density at radius 2 is 1.65 bits per heavy atom. The van der Waals surface area contributed by atoms with E-state index in [2.05, 4.69) is 0 Å². The minimum atomic E-state index is -0.532. The van der Waals surface area contributed by atoms with E-state index in [0.29, 0.717) is 66.3 Å². The first-order chi connectivity index (χ1) is 15.0. The fourth-order valence-electron chi connectivity index (χ4n) is 4.10. The molecule has 0 unspecified atom stereocenters. The topological polar surface area (TPSA) is 56.6 Å². The Morgan fingerprint density at radius 3 is 2.32 bits per heavy atom. The van der Waals surface area contributed by atoms with Crippen molar-refractivity contribution in [1.82, 2.24) is 14.7 Å². The predicted molar refractivity (Wildman–Crippen MR) is 119 cm³/mol. The van der Waals surface area contributed by atoms with Crippen LogP contribution in [0.3, 0.4) is 0 Å². The van der Waals surface area contributed by atoms with Crippen LogP contribution < -0.4 is 0 Å². The Balaban J connectivity index is 1.49. The average Bonchev–Trinajstić information content (AvgIpc) is 3.44. The largest absolute Gasteiger partial charge is 0.347 e. The van der Waals surface area contributed by atoms with Gasteiger partial charge in [-0.2, -0.15) is 5.10 Å². The molecule has 1 amide bonds. The number of hydrogen-bond acceptors (Lipinski definition) is 4. The normalized spacial score (nSPS) is 17.9. The summed E-state index contributed by atoms with van der Waals surface area (Å²) in [5.41, 5.74) is 2.80. The third-order valence-electron chi connectivity index (χ3n) is 5.77. The van der Waals surface area contributed by atoms with Gasteiger partial charge in [0.1, 0.15) is 5.69 Å². The molecule has 0 aliphatic carbocycles. The van der Waals surface area contributed by atoms with Gasteiger partial charge < -0.3 is 14.4 Å². The van der Waals surface area contributed by atoms with Gasteiger partial charge in [0, 0.05) is 31.5 Å². The van der Waals surface area contributed by atoms with Crippen molar-refractivity contribution >= 4 is 29.1 Å². The number of hydrogen-bond donors (Lipinski definition) is 0. The maximum absolute atomic E-state index is 13.5. The van der Waals surface area contributed by atoms with Crippen molar-refractivity contribution in [2.75, 3.05) is 26.3 Å². The maximum atomic E-state index is 13.5. The number of halogens is 2. The summed E-state index contributed by atoms with van der Waals surface area (Å²) < 4.78 is 13.2. The third kappa shape index (κ3) is 3.96. The number of carbonyl (C=O) groups excluding carboxylic acids is 1. The summed E-state index contributed by atoms with van der Waals surface area (Å²) in [5.74, 6) is -0.621. The van der Waals surface area contributed by atoms with Crippen LogP contribution in [0.4, 0.5) is 0 Å². The number of benzene rings is 2. The molecular formula is C23H21Cl2N3O3. The summed E-state index contributed by atoms with van der Waals surface area (Å²) in [4.78, 5) is 15.3. The minimum Gasteiger partial charge on any atom is -0.347 e. The van der Waals surface area contributed by atoms with E-state index >= 15 is 0 Å². The molecule has 2 aliphatic rings. The molecule has 3 aromatic rings. The van der Waals surface area contributed by atoms with Crippen LogP contribution >= 0.6 is 23.2 Å². The fourth-order valence-corrected chi connectivity index (χ4v) is 4.39. The quantitative estimate of drug-likeness (QED) is 0.565. The number of amides is 1. The van der Waals surface area contributed by atoms with Gasteiger partial charge in [-0.05, 0) is 24.3 Å². The molecule has 1 aromatic heterocycles. The van der Waals surface area contributed by atoms with Gasteiger partial charge in [0.05, 0.1) is 34.6 Å². The van der Waals surface area contributed by atoms with Crippen LogP contribution in [-0.4, -0.2) is 52.7 Å². The molecular weight excluding hydrogens is 437 g/mol. The molecule has 0 atom stereocenters. The standard InChI is InChI=1S/C23H21Cl2N3O3/c24-18-7-6-17(14-19(18)25)28-21(15-20(26-28)16-4-2-1-3-5-16)22(29)27-10-8-23(9-11-27)30-12-13-31-23/h1-7,14-15H,8-13H2. The zero-order chi connectivity index (χ0) is 21.4. The van der Waals surface area contributed by atoms with Gasteiger partial charge in [-0.3, -0.25) is 4.79 Å². The van der Waals surface area contributed by atoms with Gasteiger partial charge in [-0.25, -0.2) is 4.68 Å². The molecule has 1 spiro atoms. The van der Waals surface area contributed by atoms with E-state index in [1.807, 2.05) is 41.3 Å². The lowest BCUT2D eigenvalue weighted by Gasteiger charge is -2.37. The lowest BCUT2D eigenvalue weighted by Crippen LogP contribution is -2.47. The van der Waals surface area contributed by atoms with E-state index in [1.165, 1.54) is 0 Å². The summed E-state index contributed by atoms with van der Waals surface area (Å²) in [7, 11) is 0. The van der Waals surface area contributed by atoms with E-state index in [0.717, 1.165) is 5.56 Å². The smallest absolute Gasteiger partial charge is 0.272 e. The molecule has 2 aliphatic heterocycles. The highest BCUT2D eigenvalue weighted by molar-refractivity contribution is 6.42. The highest BCUT2D eigenvalue weighted by Crippen LogP contribution is 2.33. The lowest BCUT2D eigenvalue weighted by molar-refractivity contribution is -0.181. The highest BCUT2D eigenvalue weighted by Gasteiger charge is 2.41. The third-order valence-corrected chi connectivity index (χ3v) is 6.51. The zero-order valence-corrected chi connectivity index (χ0v) is 18.3. The van der Waals surface area contributed by atoms with Crippen molar-refractivity contribution in [3.63, 3.8) is 0 Å². The summed E-state index contributed by atoms with van der Waals surface area (Å²) in [6.07, 6.45) is 1.32. The van der Waals surface area contributed by atoms with Gasteiger partial charge in [0.15, 0.2) is 5.79 Å². The van der Waals surface area contributed by atoms with Crippen molar-refractivity contribution in [3.05, 3.63) is 70.3 Å². The van der Waals surface area contributed by atoms with Crippen molar-refractivity contribution in [2.45, 2.75) is 18.6 Å². The van der Waals surface area contributed by atoms with Crippen molar-refractivity contribution in [1.29, 1.82) is 0 Å². The second-order valence-corrected chi connectivity index (χ2v) is 8.51. The average molecular weight is 458 g/mol. The van der Waals surface area contributed by atoms with Crippen LogP contribution in [0.15, 0.2) is 54.6 Å². The first-order valence-corrected chi connectivity index (χ1v) is 11.0. The SMILES string of the molecule is O=C(c1cc(-c2ccccc2)nn1-c1ccc(Cl)c(Cl)c1)N1CCC2(CC1)OCCO2. The molecule has 3 heterocycles. The van der Waals surface area contributed by atoms with Crippen LogP contribution in [0.25, 0.3) is 16.9 Å². The zero-order valence-electron chi connectivity index (χ0n) is 16.8. The van der Waals surface area contributed by atoms with E-state index in [9.17, 15) is 4.79 Å². The summed E-state index contributed by atoms with van der Waals surface area (Å²) in [5, 5.41) is 5.58. The first-order valence-electron chi connectivity index (χ1n) is 10.2. The lowest BCUT2D eigenvalue weighted by atomic mass is 10.0. The molecule has 2 fully saturated rings. The van der Waals surface area contributed by atoms with Crippen LogP contribution in [0.2, 0.25) is 10.0 Å². The Kier molecular flexibility index (Phi) is 5.48. The number of rotatable bonds is 3.